The van der Waals surface area contributed by atoms with Crippen LogP contribution in [0.3, 0.4) is 0 Å². The molecule has 15 heavy (non-hydrogen) atoms. The van der Waals surface area contributed by atoms with E-state index in [0.29, 0.717) is 6.61 Å². The van der Waals surface area contributed by atoms with Gasteiger partial charge < -0.3 is 10.4 Å². The fourth-order valence-corrected chi connectivity index (χ4v) is 1.44. The van der Waals surface area contributed by atoms with Crippen molar-refractivity contribution >= 4 is 5.82 Å². The van der Waals surface area contributed by atoms with Gasteiger partial charge >= 0.3 is 0 Å². The van der Waals surface area contributed by atoms with E-state index in [0.717, 1.165) is 31.6 Å². The lowest BCUT2D eigenvalue weighted by atomic mass is 10.2. The molecule has 0 spiro atoms. The number of unbranched alkanes of at least 4 members (excludes halogenated alkanes) is 3. The van der Waals surface area contributed by atoms with E-state index in [-0.39, 0.29) is 0 Å². The number of hydrogen-bond acceptors (Lipinski definition) is 3. The first-order chi connectivity index (χ1) is 7.33. The van der Waals surface area contributed by atoms with Gasteiger partial charge in [-0.3, -0.25) is 0 Å². The van der Waals surface area contributed by atoms with Gasteiger partial charge in [-0.25, -0.2) is 4.98 Å². The Hall–Kier alpha value is -1.09. The molecule has 0 radical (unpaired) electrons. The van der Waals surface area contributed by atoms with Crippen molar-refractivity contribution in [3.63, 3.8) is 0 Å². The fraction of sp³-hybridized carbons (Fsp3) is 0.583. The molecule has 0 aliphatic carbocycles. The molecule has 0 aliphatic heterocycles. The molecule has 0 fully saturated rings. The van der Waals surface area contributed by atoms with Gasteiger partial charge in [-0.05, 0) is 37.5 Å². The maximum absolute atomic E-state index is 8.61. The van der Waals surface area contributed by atoms with E-state index in [1.807, 2.05) is 18.3 Å². The van der Waals surface area contributed by atoms with Crippen LogP contribution in [0.25, 0.3) is 0 Å². The molecule has 0 amide bonds. The molecule has 3 nitrogen and oxygen atoms in total. The Kier molecular flexibility index (Phi) is 5.78. The average Bonchev–Trinajstić information content (AvgIpc) is 2.23. The number of aliphatic hydroxyl groups is 1. The Balaban J connectivity index is 2.10. The van der Waals surface area contributed by atoms with Gasteiger partial charge in [0.25, 0.3) is 0 Å². The quantitative estimate of drug-likeness (QED) is 0.676. The normalized spacial score (nSPS) is 10.3. The topological polar surface area (TPSA) is 45.2 Å². The van der Waals surface area contributed by atoms with E-state index < -0.39 is 0 Å². The maximum Gasteiger partial charge on any atom is 0.126 e. The summed E-state index contributed by atoms with van der Waals surface area (Å²) in [6.07, 6.45) is 6.15. The molecule has 3 heteroatoms. The minimum atomic E-state index is 0.312. The Morgan fingerprint density at radius 3 is 2.80 bits per heavy atom. The Morgan fingerprint density at radius 1 is 1.27 bits per heavy atom. The van der Waals surface area contributed by atoms with Crippen molar-refractivity contribution in [3.8, 4) is 0 Å². The van der Waals surface area contributed by atoms with Crippen molar-refractivity contribution in [2.75, 3.05) is 18.5 Å². The van der Waals surface area contributed by atoms with Crippen LogP contribution in [0, 0.1) is 6.92 Å². The zero-order valence-corrected chi connectivity index (χ0v) is 9.37. The number of aromatic nitrogens is 1. The first kappa shape index (κ1) is 12.0. The smallest absolute Gasteiger partial charge is 0.126 e. The van der Waals surface area contributed by atoms with E-state index in [1.165, 1.54) is 12.0 Å². The lowest BCUT2D eigenvalue weighted by Gasteiger charge is -2.05. The largest absolute Gasteiger partial charge is 0.396 e. The Bertz CT molecular complexity index is 276. The number of nitrogens with zero attached hydrogens (tertiary/aromatic N) is 1. The number of nitrogens with one attached hydrogen (secondary N) is 1. The van der Waals surface area contributed by atoms with Gasteiger partial charge in [0.2, 0.25) is 0 Å². The summed E-state index contributed by atoms with van der Waals surface area (Å²) in [6, 6.07) is 4.04. The van der Waals surface area contributed by atoms with Crippen molar-refractivity contribution < 1.29 is 5.11 Å². The molecule has 1 heterocycles. The highest BCUT2D eigenvalue weighted by Crippen LogP contribution is 2.06. The van der Waals surface area contributed by atoms with Crippen molar-refractivity contribution in [3.05, 3.63) is 23.9 Å². The molecular weight excluding hydrogens is 188 g/mol. The second kappa shape index (κ2) is 7.23. The van der Waals surface area contributed by atoms with E-state index >= 15 is 0 Å². The minimum absolute atomic E-state index is 0.312. The molecule has 2 N–H and O–H groups in total. The third-order valence-corrected chi connectivity index (χ3v) is 2.31. The predicted molar refractivity (Wildman–Crippen MR) is 63.0 cm³/mol. The van der Waals surface area contributed by atoms with Gasteiger partial charge in [0.15, 0.2) is 0 Å². The zero-order chi connectivity index (χ0) is 10.9. The van der Waals surface area contributed by atoms with Crippen LogP contribution in [-0.4, -0.2) is 23.2 Å². The van der Waals surface area contributed by atoms with Gasteiger partial charge in [0.1, 0.15) is 5.82 Å². The fourth-order valence-electron chi connectivity index (χ4n) is 1.44. The molecule has 0 saturated carbocycles. The lowest BCUT2D eigenvalue weighted by molar-refractivity contribution is 0.283. The molecular formula is C12H20N2O. The van der Waals surface area contributed by atoms with Crippen molar-refractivity contribution in [2.24, 2.45) is 0 Å². The summed E-state index contributed by atoms with van der Waals surface area (Å²) >= 11 is 0. The minimum Gasteiger partial charge on any atom is -0.396 e. The van der Waals surface area contributed by atoms with Gasteiger partial charge in [-0.2, -0.15) is 0 Å². The van der Waals surface area contributed by atoms with E-state index in [2.05, 4.69) is 17.2 Å². The highest BCUT2D eigenvalue weighted by molar-refractivity contribution is 5.36. The zero-order valence-electron chi connectivity index (χ0n) is 9.37. The van der Waals surface area contributed by atoms with Crippen molar-refractivity contribution in [2.45, 2.75) is 32.6 Å². The van der Waals surface area contributed by atoms with Crippen LogP contribution >= 0.6 is 0 Å². The first-order valence-corrected chi connectivity index (χ1v) is 5.60. The SMILES string of the molecule is Cc1ccnc(NCCCCCCO)c1. The molecule has 0 unspecified atom stereocenters. The summed E-state index contributed by atoms with van der Waals surface area (Å²) in [6.45, 7) is 3.34. The third-order valence-electron chi connectivity index (χ3n) is 2.31. The van der Waals surface area contributed by atoms with Crippen LogP contribution in [0.4, 0.5) is 5.82 Å². The number of aryl methyl sites for hydroxylation is 1. The summed E-state index contributed by atoms with van der Waals surface area (Å²) in [5.74, 6) is 0.956. The summed E-state index contributed by atoms with van der Waals surface area (Å²) in [7, 11) is 0. The average molecular weight is 208 g/mol. The lowest BCUT2D eigenvalue weighted by Crippen LogP contribution is -2.03. The van der Waals surface area contributed by atoms with E-state index in [4.69, 9.17) is 5.11 Å². The highest BCUT2D eigenvalue weighted by Gasteiger charge is 1.93. The number of pyridine rings is 1. The first-order valence-electron chi connectivity index (χ1n) is 5.60. The molecule has 84 valence electrons. The van der Waals surface area contributed by atoms with Gasteiger partial charge in [0.05, 0.1) is 0 Å². The van der Waals surface area contributed by atoms with Crippen LogP contribution in [0.1, 0.15) is 31.2 Å². The maximum atomic E-state index is 8.61. The molecule has 0 bridgehead atoms. The number of rotatable bonds is 7. The van der Waals surface area contributed by atoms with E-state index in [9.17, 15) is 0 Å². The highest BCUT2D eigenvalue weighted by atomic mass is 16.2. The van der Waals surface area contributed by atoms with Gasteiger partial charge in [-0.1, -0.05) is 12.8 Å². The van der Waals surface area contributed by atoms with Crippen LogP contribution in [-0.2, 0) is 0 Å². The Morgan fingerprint density at radius 2 is 2.07 bits per heavy atom. The predicted octanol–water partition coefficient (Wildman–Crippen LogP) is 2.35. The number of aliphatic hydroxyl groups excluding tert-OH is 1. The van der Waals surface area contributed by atoms with Crippen LogP contribution in [0.2, 0.25) is 0 Å². The van der Waals surface area contributed by atoms with Crippen LogP contribution < -0.4 is 5.32 Å². The second-order valence-corrected chi connectivity index (χ2v) is 3.78. The standard InChI is InChI=1S/C12H20N2O/c1-11-6-8-14-12(10-11)13-7-4-2-3-5-9-15/h6,8,10,15H,2-5,7,9H2,1H3,(H,13,14). The Labute approximate surface area is 91.5 Å². The van der Waals surface area contributed by atoms with Gasteiger partial charge in [-0.15, -0.1) is 0 Å². The van der Waals surface area contributed by atoms with Crippen molar-refractivity contribution in [1.82, 2.24) is 4.98 Å². The molecule has 0 atom stereocenters. The monoisotopic (exact) mass is 208 g/mol. The third kappa shape index (κ3) is 5.37. The molecule has 1 rings (SSSR count). The van der Waals surface area contributed by atoms with Gasteiger partial charge in [0, 0.05) is 19.3 Å². The summed E-state index contributed by atoms with van der Waals surface area (Å²) in [5.41, 5.74) is 1.23. The molecule has 0 saturated heterocycles. The van der Waals surface area contributed by atoms with Crippen LogP contribution in [0.5, 0.6) is 0 Å². The number of hydrogen-bond donors (Lipinski definition) is 2. The van der Waals surface area contributed by atoms with Crippen LogP contribution in [0.15, 0.2) is 18.3 Å². The second-order valence-electron chi connectivity index (χ2n) is 3.78. The van der Waals surface area contributed by atoms with Crippen molar-refractivity contribution in [1.29, 1.82) is 0 Å². The summed E-state index contributed by atoms with van der Waals surface area (Å²) in [5, 5.41) is 11.9. The summed E-state index contributed by atoms with van der Waals surface area (Å²) < 4.78 is 0. The molecule has 0 aromatic carbocycles. The summed E-state index contributed by atoms with van der Waals surface area (Å²) in [4.78, 5) is 4.22. The number of anilines is 1. The molecule has 1 aromatic rings. The molecule has 1 aromatic heterocycles. The van der Waals surface area contributed by atoms with E-state index in [1.54, 1.807) is 0 Å². The molecule has 0 aliphatic rings.